The van der Waals surface area contributed by atoms with Crippen LogP contribution < -0.4 is 5.32 Å². The van der Waals surface area contributed by atoms with E-state index in [1.165, 1.54) is 0 Å². The third kappa shape index (κ3) is 3.46. The molecule has 8 heteroatoms. The van der Waals surface area contributed by atoms with Crippen LogP contribution >= 0.6 is 0 Å². The van der Waals surface area contributed by atoms with Crippen LogP contribution in [0.2, 0.25) is 0 Å². The minimum Gasteiger partial charge on any atom is -0.480 e. The van der Waals surface area contributed by atoms with Crippen molar-refractivity contribution in [2.45, 2.75) is 38.3 Å². The molecule has 0 aromatic heterocycles. The number of carboxylic acids is 1. The molecule has 0 bridgehead atoms. The molecule has 1 aromatic carbocycles. The number of benzene rings is 1. The van der Waals surface area contributed by atoms with Gasteiger partial charge in [0.1, 0.15) is 11.2 Å². The van der Waals surface area contributed by atoms with Crippen LogP contribution in [0.5, 0.6) is 0 Å². The first-order valence-corrected chi connectivity index (χ1v) is 7.08. The van der Waals surface area contributed by atoms with Crippen LogP contribution in [0.25, 0.3) is 0 Å². The number of carbonyl (C=O) groups excluding carboxylic acids is 1. The van der Waals surface area contributed by atoms with Crippen molar-refractivity contribution < 1.29 is 32.3 Å². The first-order valence-electron chi connectivity index (χ1n) is 7.08. The second-order valence-electron chi connectivity index (χ2n) is 5.59. The molecule has 2 N–H and O–H groups in total. The summed E-state index contributed by atoms with van der Waals surface area (Å²) in [4.78, 5) is 23.8. The van der Waals surface area contributed by atoms with Gasteiger partial charge in [-0.05, 0) is 31.0 Å². The molecule has 0 aliphatic heterocycles. The zero-order valence-electron chi connectivity index (χ0n) is 12.0. The minimum absolute atomic E-state index is 0.121. The van der Waals surface area contributed by atoms with Gasteiger partial charge in [-0.1, -0.05) is 19.3 Å². The first-order chi connectivity index (χ1) is 10.7. The van der Waals surface area contributed by atoms with Gasteiger partial charge in [-0.2, -0.15) is 13.2 Å². The van der Waals surface area contributed by atoms with Gasteiger partial charge in [0.25, 0.3) is 0 Å². The Morgan fingerprint density at radius 2 is 1.74 bits per heavy atom. The van der Waals surface area contributed by atoms with E-state index in [-0.39, 0.29) is 18.9 Å². The summed E-state index contributed by atoms with van der Waals surface area (Å²) in [6, 6.07) is 1.69. The van der Waals surface area contributed by atoms with E-state index in [0.29, 0.717) is 18.9 Å². The molecule has 0 saturated heterocycles. The monoisotopic (exact) mass is 333 g/mol. The van der Waals surface area contributed by atoms with Crippen molar-refractivity contribution in [3.05, 3.63) is 29.6 Å². The van der Waals surface area contributed by atoms with Crippen LogP contribution in [0.15, 0.2) is 18.2 Å². The first kappa shape index (κ1) is 17.2. The topological polar surface area (TPSA) is 66.4 Å². The lowest BCUT2D eigenvalue weighted by molar-refractivity contribution is -0.156. The van der Waals surface area contributed by atoms with Gasteiger partial charge in [0.15, 0.2) is 0 Å². The maximum absolute atomic E-state index is 13.8. The Balaban J connectivity index is 2.24. The number of hydrogen-bond donors (Lipinski definition) is 2. The number of anilines is 1. The second kappa shape index (κ2) is 6.17. The van der Waals surface area contributed by atoms with Gasteiger partial charge in [-0.25, -0.2) is 4.39 Å². The van der Waals surface area contributed by atoms with E-state index in [2.05, 4.69) is 5.32 Å². The predicted molar refractivity (Wildman–Crippen MR) is 73.2 cm³/mol. The van der Waals surface area contributed by atoms with E-state index in [1.807, 2.05) is 0 Å². The van der Waals surface area contributed by atoms with Crippen molar-refractivity contribution in [2.75, 3.05) is 5.32 Å². The van der Waals surface area contributed by atoms with Crippen LogP contribution in [-0.2, 0) is 15.8 Å². The van der Waals surface area contributed by atoms with Gasteiger partial charge >= 0.3 is 12.1 Å². The largest absolute Gasteiger partial charge is 0.480 e. The fourth-order valence-corrected chi connectivity index (χ4v) is 2.73. The molecule has 0 unspecified atom stereocenters. The molecule has 23 heavy (non-hydrogen) atoms. The number of alkyl halides is 3. The molecule has 0 radical (unpaired) electrons. The highest BCUT2D eigenvalue weighted by molar-refractivity contribution is 6.08. The quantitative estimate of drug-likeness (QED) is 0.653. The molecule has 126 valence electrons. The van der Waals surface area contributed by atoms with Crippen molar-refractivity contribution >= 4 is 17.6 Å². The summed E-state index contributed by atoms with van der Waals surface area (Å²) in [5, 5.41) is 11.5. The Labute approximate surface area is 129 Å². The smallest absolute Gasteiger partial charge is 0.416 e. The van der Waals surface area contributed by atoms with Crippen molar-refractivity contribution in [3.8, 4) is 0 Å². The molecule has 1 saturated carbocycles. The van der Waals surface area contributed by atoms with E-state index >= 15 is 0 Å². The highest BCUT2D eigenvalue weighted by Gasteiger charge is 2.47. The zero-order valence-corrected chi connectivity index (χ0v) is 12.0. The summed E-state index contributed by atoms with van der Waals surface area (Å²) in [6.07, 6.45) is -2.55. The van der Waals surface area contributed by atoms with Crippen LogP contribution in [0.1, 0.15) is 37.7 Å². The molecular weight excluding hydrogens is 318 g/mol. The summed E-state index contributed by atoms with van der Waals surface area (Å²) in [5.74, 6) is -3.46. The molecule has 1 aliphatic carbocycles. The highest BCUT2D eigenvalue weighted by Crippen LogP contribution is 2.38. The number of halogens is 4. The molecule has 1 amide bonds. The van der Waals surface area contributed by atoms with Crippen molar-refractivity contribution in [3.63, 3.8) is 0 Å². The number of aliphatic carboxylic acids is 1. The molecule has 1 aliphatic rings. The van der Waals surface area contributed by atoms with E-state index in [4.69, 9.17) is 0 Å². The summed E-state index contributed by atoms with van der Waals surface area (Å²) in [6.45, 7) is 0. The lowest BCUT2D eigenvalue weighted by Crippen LogP contribution is -2.44. The van der Waals surface area contributed by atoms with E-state index < -0.39 is 40.5 Å². The minimum atomic E-state index is -4.70. The number of hydrogen-bond acceptors (Lipinski definition) is 2. The molecule has 1 aromatic rings. The summed E-state index contributed by atoms with van der Waals surface area (Å²) >= 11 is 0. The van der Waals surface area contributed by atoms with E-state index in [9.17, 15) is 32.3 Å². The standard InChI is InChI=1S/C15H15F4NO3/c16-10-8-9(15(17,18)19)4-5-11(10)20-12(21)14(13(22)23)6-2-1-3-7-14/h4-5,8H,1-3,6-7H2,(H,20,21)(H,22,23). The number of amides is 1. The predicted octanol–water partition coefficient (Wildman–Crippen LogP) is 3.82. The summed E-state index contributed by atoms with van der Waals surface area (Å²) in [5.41, 5.74) is -3.30. The normalized spacial score (nSPS) is 17.6. The Morgan fingerprint density at radius 3 is 2.22 bits per heavy atom. The lowest BCUT2D eigenvalue weighted by atomic mass is 9.73. The summed E-state index contributed by atoms with van der Waals surface area (Å²) < 4.78 is 51.2. The van der Waals surface area contributed by atoms with Crippen LogP contribution in [-0.4, -0.2) is 17.0 Å². The van der Waals surface area contributed by atoms with Crippen molar-refractivity contribution in [1.29, 1.82) is 0 Å². The molecule has 2 rings (SSSR count). The van der Waals surface area contributed by atoms with Gasteiger partial charge in [-0.15, -0.1) is 0 Å². The average molecular weight is 333 g/mol. The van der Waals surface area contributed by atoms with E-state index in [0.717, 1.165) is 12.5 Å². The molecule has 4 nitrogen and oxygen atoms in total. The summed E-state index contributed by atoms with van der Waals surface area (Å²) in [7, 11) is 0. The third-order valence-electron chi connectivity index (χ3n) is 4.10. The molecule has 0 heterocycles. The molecule has 0 atom stereocenters. The van der Waals surface area contributed by atoms with Gasteiger partial charge in [0.05, 0.1) is 11.3 Å². The SMILES string of the molecule is O=C(O)C1(C(=O)Nc2ccc(C(F)(F)F)cc2F)CCCCC1. The molecule has 0 spiro atoms. The van der Waals surface area contributed by atoms with Gasteiger partial charge < -0.3 is 10.4 Å². The maximum atomic E-state index is 13.8. The van der Waals surface area contributed by atoms with Crippen LogP contribution in [0.4, 0.5) is 23.2 Å². The molecule has 1 fully saturated rings. The van der Waals surface area contributed by atoms with Crippen molar-refractivity contribution in [1.82, 2.24) is 0 Å². The molecular formula is C15H15F4NO3. The van der Waals surface area contributed by atoms with Gasteiger partial charge in [0, 0.05) is 0 Å². The van der Waals surface area contributed by atoms with E-state index in [1.54, 1.807) is 0 Å². The van der Waals surface area contributed by atoms with Crippen LogP contribution in [0.3, 0.4) is 0 Å². The average Bonchev–Trinajstić information content (AvgIpc) is 2.48. The fraction of sp³-hybridized carbons (Fsp3) is 0.467. The Morgan fingerprint density at radius 1 is 1.13 bits per heavy atom. The third-order valence-corrected chi connectivity index (χ3v) is 4.10. The number of rotatable bonds is 3. The van der Waals surface area contributed by atoms with Gasteiger partial charge in [0.2, 0.25) is 5.91 Å². The number of carboxylic acid groups (broad SMARTS) is 1. The second-order valence-corrected chi connectivity index (χ2v) is 5.59. The highest BCUT2D eigenvalue weighted by atomic mass is 19.4. The van der Waals surface area contributed by atoms with Crippen molar-refractivity contribution in [2.24, 2.45) is 5.41 Å². The Kier molecular flexibility index (Phi) is 4.63. The zero-order chi connectivity index (χ0) is 17.3. The van der Waals surface area contributed by atoms with Crippen LogP contribution in [0, 0.1) is 11.2 Å². The maximum Gasteiger partial charge on any atom is 0.416 e. The lowest BCUT2D eigenvalue weighted by Gasteiger charge is -2.31. The Hall–Kier alpha value is -2.12. The fourth-order valence-electron chi connectivity index (χ4n) is 2.73. The number of carbonyl (C=O) groups is 2. The Bertz CT molecular complexity index is 622. The number of nitrogens with one attached hydrogen (secondary N) is 1. The van der Waals surface area contributed by atoms with Gasteiger partial charge in [-0.3, -0.25) is 9.59 Å².